The zero-order chi connectivity index (χ0) is 14.6. The third kappa shape index (κ3) is 3.29. The first-order valence-corrected chi connectivity index (χ1v) is 7.74. The number of unbranched alkanes of at least 4 members (excludes halogenated alkanes) is 2. The van der Waals surface area contributed by atoms with E-state index in [0.29, 0.717) is 30.4 Å². The van der Waals surface area contributed by atoms with Crippen LogP contribution in [0.15, 0.2) is 17.7 Å². The number of hydrogen-bond acceptors (Lipinski definition) is 6. The Morgan fingerprint density at radius 2 is 2.00 bits per heavy atom. The molecule has 2 heterocycles. The Morgan fingerprint density at radius 3 is 2.75 bits per heavy atom. The van der Waals surface area contributed by atoms with Crippen molar-refractivity contribution >= 4 is 27.0 Å². The standard InChI is InChI=1S/C11H14N4O4S/c16-8(17)4-2-1-3-5-20(18,19)11-9-10(13-6-12-9)14-7-15-11/h6-7H,1-5H2,(H,16,17)(H,12,13,14,15). The van der Waals surface area contributed by atoms with Crippen LogP contribution in [0.5, 0.6) is 0 Å². The molecule has 0 saturated carbocycles. The minimum atomic E-state index is -3.53. The topological polar surface area (TPSA) is 126 Å². The monoisotopic (exact) mass is 298 g/mol. The Morgan fingerprint density at radius 1 is 1.20 bits per heavy atom. The minimum Gasteiger partial charge on any atom is -0.481 e. The highest BCUT2D eigenvalue weighted by Crippen LogP contribution is 2.17. The number of H-pyrrole nitrogens is 1. The van der Waals surface area contributed by atoms with Crippen LogP contribution in [0.1, 0.15) is 25.7 Å². The molecule has 0 amide bonds. The van der Waals surface area contributed by atoms with Gasteiger partial charge in [0.25, 0.3) is 0 Å². The second kappa shape index (κ2) is 5.95. The summed E-state index contributed by atoms with van der Waals surface area (Å²) in [5.74, 6) is -0.944. The molecule has 0 bridgehead atoms. The summed E-state index contributed by atoms with van der Waals surface area (Å²) in [6.45, 7) is 0. The van der Waals surface area contributed by atoms with E-state index < -0.39 is 15.8 Å². The summed E-state index contributed by atoms with van der Waals surface area (Å²) in [5.41, 5.74) is 0.613. The molecule has 20 heavy (non-hydrogen) atoms. The van der Waals surface area contributed by atoms with Gasteiger partial charge in [-0.25, -0.2) is 23.4 Å². The highest BCUT2D eigenvalue weighted by molar-refractivity contribution is 7.91. The Hall–Kier alpha value is -2.03. The van der Waals surface area contributed by atoms with Crippen molar-refractivity contribution in [1.82, 2.24) is 19.9 Å². The average Bonchev–Trinajstić information content (AvgIpc) is 2.85. The fourth-order valence-corrected chi connectivity index (χ4v) is 3.27. The van der Waals surface area contributed by atoms with Crippen LogP contribution in [-0.4, -0.2) is 45.2 Å². The predicted molar refractivity (Wildman–Crippen MR) is 69.8 cm³/mol. The molecule has 2 aromatic rings. The Kier molecular flexibility index (Phi) is 4.28. The molecule has 2 N–H and O–H groups in total. The van der Waals surface area contributed by atoms with Crippen molar-refractivity contribution < 1.29 is 18.3 Å². The Labute approximate surface area is 115 Å². The zero-order valence-corrected chi connectivity index (χ0v) is 11.4. The van der Waals surface area contributed by atoms with Crippen molar-refractivity contribution in [3.05, 3.63) is 12.7 Å². The molecular weight excluding hydrogens is 284 g/mol. The molecular formula is C11H14N4O4S. The van der Waals surface area contributed by atoms with Gasteiger partial charge in [-0.2, -0.15) is 0 Å². The van der Waals surface area contributed by atoms with E-state index in [1.807, 2.05) is 0 Å². The van der Waals surface area contributed by atoms with E-state index in [1.165, 1.54) is 12.7 Å². The van der Waals surface area contributed by atoms with Gasteiger partial charge in [0.1, 0.15) is 11.8 Å². The first kappa shape index (κ1) is 14.4. The second-order valence-corrected chi connectivity index (χ2v) is 6.33. The molecule has 0 saturated heterocycles. The van der Waals surface area contributed by atoms with Gasteiger partial charge in [0.2, 0.25) is 0 Å². The van der Waals surface area contributed by atoms with Gasteiger partial charge in [-0.3, -0.25) is 4.79 Å². The highest BCUT2D eigenvalue weighted by atomic mass is 32.2. The molecule has 0 aliphatic rings. The van der Waals surface area contributed by atoms with Crippen molar-refractivity contribution in [1.29, 1.82) is 0 Å². The van der Waals surface area contributed by atoms with E-state index in [9.17, 15) is 13.2 Å². The van der Waals surface area contributed by atoms with Crippen LogP contribution >= 0.6 is 0 Å². The number of sulfone groups is 1. The van der Waals surface area contributed by atoms with Gasteiger partial charge >= 0.3 is 5.97 Å². The second-order valence-electron chi connectivity index (χ2n) is 4.30. The van der Waals surface area contributed by atoms with Gasteiger partial charge < -0.3 is 10.1 Å². The zero-order valence-electron chi connectivity index (χ0n) is 10.6. The van der Waals surface area contributed by atoms with Gasteiger partial charge in [-0.15, -0.1) is 0 Å². The first-order chi connectivity index (χ1) is 9.50. The number of aromatic nitrogens is 4. The van der Waals surface area contributed by atoms with Crippen LogP contribution in [0.25, 0.3) is 11.2 Å². The lowest BCUT2D eigenvalue weighted by Gasteiger charge is -2.03. The Balaban J connectivity index is 2.03. The van der Waals surface area contributed by atoms with E-state index in [1.54, 1.807) is 0 Å². The molecule has 2 rings (SSSR count). The molecule has 0 radical (unpaired) electrons. The molecule has 0 atom stereocenters. The minimum absolute atomic E-state index is 0.0539. The van der Waals surface area contributed by atoms with Gasteiger partial charge in [-0.05, 0) is 12.8 Å². The lowest BCUT2D eigenvalue weighted by Crippen LogP contribution is -2.10. The van der Waals surface area contributed by atoms with Crippen molar-refractivity contribution in [2.45, 2.75) is 30.7 Å². The SMILES string of the molecule is O=C(O)CCCCCS(=O)(=O)c1ncnc2nc[nH]c12. The molecule has 0 unspecified atom stereocenters. The summed E-state index contributed by atoms with van der Waals surface area (Å²) in [4.78, 5) is 24.6. The van der Waals surface area contributed by atoms with E-state index in [0.717, 1.165) is 0 Å². The molecule has 2 aromatic heterocycles. The number of nitrogens with one attached hydrogen (secondary N) is 1. The summed E-state index contributed by atoms with van der Waals surface area (Å²) in [5, 5.41) is 8.44. The quantitative estimate of drug-likeness (QED) is 0.571. The molecule has 0 fully saturated rings. The average molecular weight is 298 g/mol. The number of aromatic amines is 1. The summed E-state index contributed by atoms with van der Waals surface area (Å²) in [6.07, 6.45) is 4.00. The molecule has 0 spiro atoms. The summed E-state index contributed by atoms with van der Waals surface area (Å²) in [6, 6.07) is 0. The molecule has 0 aliphatic heterocycles. The van der Waals surface area contributed by atoms with E-state index >= 15 is 0 Å². The fraction of sp³-hybridized carbons (Fsp3) is 0.455. The van der Waals surface area contributed by atoms with Crippen LogP contribution in [0, 0.1) is 0 Å². The summed E-state index contributed by atoms with van der Waals surface area (Å²) >= 11 is 0. The number of carboxylic acid groups (broad SMARTS) is 1. The highest BCUT2D eigenvalue weighted by Gasteiger charge is 2.20. The molecule has 108 valence electrons. The molecule has 0 aromatic carbocycles. The van der Waals surface area contributed by atoms with E-state index in [2.05, 4.69) is 19.9 Å². The number of carboxylic acids is 1. The normalized spacial score (nSPS) is 11.8. The summed E-state index contributed by atoms with van der Waals surface area (Å²) in [7, 11) is -3.53. The van der Waals surface area contributed by atoms with Crippen molar-refractivity contribution in [3.8, 4) is 0 Å². The maximum atomic E-state index is 12.2. The number of rotatable bonds is 7. The number of hydrogen-bond donors (Lipinski definition) is 2. The lowest BCUT2D eigenvalue weighted by molar-refractivity contribution is -0.137. The van der Waals surface area contributed by atoms with Gasteiger partial charge in [-0.1, -0.05) is 6.42 Å². The van der Waals surface area contributed by atoms with E-state index in [-0.39, 0.29) is 17.2 Å². The van der Waals surface area contributed by atoms with Crippen LogP contribution in [0.2, 0.25) is 0 Å². The fourth-order valence-electron chi connectivity index (χ4n) is 1.82. The largest absolute Gasteiger partial charge is 0.481 e. The van der Waals surface area contributed by atoms with E-state index in [4.69, 9.17) is 5.11 Å². The van der Waals surface area contributed by atoms with Crippen LogP contribution < -0.4 is 0 Å². The number of aliphatic carboxylic acids is 1. The number of imidazole rings is 1. The predicted octanol–water partition coefficient (Wildman–Crippen LogP) is 0.772. The van der Waals surface area contributed by atoms with Crippen LogP contribution in [0.3, 0.4) is 0 Å². The molecule has 0 aliphatic carbocycles. The van der Waals surface area contributed by atoms with Crippen LogP contribution in [-0.2, 0) is 14.6 Å². The van der Waals surface area contributed by atoms with Crippen molar-refractivity contribution in [2.75, 3.05) is 5.75 Å². The lowest BCUT2D eigenvalue weighted by atomic mass is 10.2. The molecule has 9 heteroatoms. The van der Waals surface area contributed by atoms with Crippen molar-refractivity contribution in [3.63, 3.8) is 0 Å². The third-order valence-electron chi connectivity index (χ3n) is 2.79. The third-order valence-corrected chi connectivity index (χ3v) is 4.51. The maximum Gasteiger partial charge on any atom is 0.303 e. The number of fused-ring (bicyclic) bond motifs is 1. The van der Waals surface area contributed by atoms with Crippen molar-refractivity contribution in [2.24, 2.45) is 0 Å². The van der Waals surface area contributed by atoms with Gasteiger partial charge in [0.05, 0.1) is 12.1 Å². The first-order valence-electron chi connectivity index (χ1n) is 6.09. The van der Waals surface area contributed by atoms with Gasteiger partial charge in [0.15, 0.2) is 20.5 Å². The number of carbonyl (C=O) groups is 1. The summed E-state index contributed by atoms with van der Waals surface area (Å²) < 4.78 is 24.4. The van der Waals surface area contributed by atoms with Gasteiger partial charge in [0, 0.05) is 6.42 Å². The Bertz CT molecular complexity index is 710. The number of nitrogens with zero attached hydrogens (tertiary/aromatic N) is 3. The molecule has 8 nitrogen and oxygen atoms in total. The maximum absolute atomic E-state index is 12.2. The smallest absolute Gasteiger partial charge is 0.303 e. The van der Waals surface area contributed by atoms with Crippen LogP contribution in [0.4, 0.5) is 0 Å².